The van der Waals surface area contributed by atoms with Gasteiger partial charge < -0.3 is 15.2 Å². The highest BCUT2D eigenvalue weighted by Gasteiger charge is 2.43. The van der Waals surface area contributed by atoms with Gasteiger partial charge in [-0.15, -0.1) is 8.78 Å². The first-order valence-electron chi connectivity index (χ1n) is 5.85. The Labute approximate surface area is 122 Å². The number of rotatable bonds is 2. The molecule has 0 radical (unpaired) electrons. The summed E-state index contributed by atoms with van der Waals surface area (Å²) in [6, 6.07) is 11.6. The molecule has 20 heavy (non-hydrogen) atoms. The van der Waals surface area contributed by atoms with E-state index in [1.807, 2.05) is 24.3 Å². The Morgan fingerprint density at radius 2 is 1.70 bits per heavy atom. The van der Waals surface area contributed by atoms with Crippen LogP contribution in [0.4, 0.5) is 8.78 Å². The summed E-state index contributed by atoms with van der Waals surface area (Å²) in [4.78, 5) is 0. The molecule has 104 valence electrons. The summed E-state index contributed by atoms with van der Waals surface area (Å²) in [5, 5.41) is 0. The molecule has 6 heteroatoms. The number of fused-ring (bicyclic) bond motifs is 1. The van der Waals surface area contributed by atoms with E-state index in [1.54, 1.807) is 6.07 Å². The third-order valence-electron chi connectivity index (χ3n) is 2.99. The Bertz CT molecular complexity index is 663. The molecule has 3 nitrogen and oxygen atoms in total. The fourth-order valence-electron chi connectivity index (χ4n) is 2.05. The largest absolute Gasteiger partial charge is 0.586 e. The summed E-state index contributed by atoms with van der Waals surface area (Å²) in [5.74, 6) is 0.0122. The molecule has 0 spiro atoms. The van der Waals surface area contributed by atoms with Crippen LogP contribution in [0.1, 0.15) is 17.2 Å². The number of benzene rings is 2. The molecule has 3 rings (SSSR count). The summed E-state index contributed by atoms with van der Waals surface area (Å²) in [6.45, 7) is 0. The normalized spacial score (nSPS) is 17.0. The number of hydrogen-bond donors (Lipinski definition) is 1. The van der Waals surface area contributed by atoms with Crippen LogP contribution in [0, 0.1) is 0 Å². The van der Waals surface area contributed by atoms with Crippen molar-refractivity contribution in [3.63, 3.8) is 0 Å². The molecule has 1 unspecified atom stereocenters. The summed E-state index contributed by atoms with van der Waals surface area (Å²) in [6.07, 6.45) is -3.61. The maximum atomic E-state index is 13.0. The number of hydrogen-bond acceptors (Lipinski definition) is 3. The fourth-order valence-corrected chi connectivity index (χ4v) is 2.47. The SMILES string of the molecule is NC(c1cccc(Br)c1)c1ccc2c(c1)OC(F)(F)O2. The van der Waals surface area contributed by atoms with Gasteiger partial charge in [0, 0.05) is 4.47 Å². The molecular formula is C14H10BrF2NO2. The molecule has 0 aromatic heterocycles. The van der Waals surface area contributed by atoms with Gasteiger partial charge in [-0.25, -0.2) is 0 Å². The zero-order chi connectivity index (χ0) is 14.3. The molecule has 2 N–H and O–H groups in total. The van der Waals surface area contributed by atoms with Crippen LogP contribution in [0.5, 0.6) is 11.5 Å². The van der Waals surface area contributed by atoms with Gasteiger partial charge in [0.25, 0.3) is 0 Å². The predicted octanol–water partition coefficient (Wildman–Crippen LogP) is 3.82. The van der Waals surface area contributed by atoms with Crippen molar-refractivity contribution in [3.05, 3.63) is 58.1 Å². The van der Waals surface area contributed by atoms with Gasteiger partial charge in [0.1, 0.15) is 0 Å². The first-order valence-corrected chi connectivity index (χ1v) is 6.65. The monoisotopic (exact) mass is 341 g/mol. The van der Waals surface area contributed by atoms with Crippen molar-refractivity contribution in [3.8, 4) is 11.5 Å². The minimum Gasteiger partial charge on any atom is -0.395 e. The first-order chi connectivity index (χ1) is 9.44. The van der Waals surface area contributed by atoms with Gasteiger partial charge in [0.2, 0.25) is 0 Å². The molecule has 1 aliphatic heterocycles. The minimum atomic E-state index is -3.61. The zero-order valence-electron chi connectivity index (χ0n) is 10.1. The van der Waals surface area contributed by atoms with Gasteiger partial charge in [0.15, 0.2) is 11.5 Å². The molecule has 0 saturated carbocycles. The molecular weight excluding hydrogens is 332 g/mol. The van der Waals surface area contributed by atoms with Crippen LogP contribution in [0.3, 0.4) is 0 Å². The molecule has 1 atom stereocenters. The van der Waals surface area contributed by atoms with E-state index in [0.717, 1.165) is 10.0 Å². The van der Waals surface area contributed by atoms with Crippen LogP contribution in [0.25, 0.3) is 0 Å². The number of alkyl halides is 2. The summed E-state index contributed by atoms with van der Waals surface area (Å²) >= 11 is 3.37. The Kier molecular flexibility index (Phi) is 3.14. The molecule has 0 fully saturated rings. The van der Waals surface area contributed by atoms with Gasteiger partial charge in [0.05, 0.1) is 6.04 Å². The Hall–Kier alpha value is -1.66. The maximum absolute atomic E-state index is 13.0. The topological polar surface area (TPSA) is 44.5 Å². The fraction of sp³-hybridized carbons (Fsp3) is 0.143. The minimum absolute atomic E-state index is 0.00190. The third kappa shape index (κ3) is 2.48. The third-order valence-corrected chi connectivity index (χ3v) is 3.49. The van der Waals surface area contributed by atoms with Crippen molar-refractivity contribution >= 4 is 15.9 Å². The van der Waals surface area contributed by atoms with E-state index in [9.17, 15) is 8.78 Å². The van der Waals surface area contributed by atoms with Crippen LogP contribution < -0.4 is 15.2 Å². The van der Waals surface area contributed by atoms with Gasteiger partial charge >= 0.3 is 6.29 Å². The van der Waals surface area contributed by atoms with E-state index in [1.165, 1.54) is 12.1 Å². The lowest BCUT2D eigenvalue weighted by molar-refractivity contribution is -0.286. The van der Waals surface area contributed by atoms with E-state index in [-0.39, 0.29) is 11.5 Å². The standard InChI is InChI=1S/C14H10BrF2NO2/c15-10-3-1-2-8(6-10)13(18)9-4-5-11-12(7-9)20-14(16,17)19-11/h1-7,13H,18H2. The number of ether oxygens (including phenoxy) is 2. The van der Waals surface area contributed by atoms with E-state index < -0.39 is 12.3 Å². The van der Waals surface area contributed by atoms with E-state index in [4.69, 9.17) is 5.73 Å². The Morgan fingerprint density at radius 3 is 2.45 bits per heavy atom. The Morgan fingerprint density at radius 1 is 1.00 bits per heavy atom. The second-order valence-electron chi connectivity index (χ2n) is 4.41. The summed E-state index contributed by atoms with van der Waals surface area (Å²) in [7, 11) is 0. The van der Waals surface area contributed by atoms with Crippen LogP contribution in [0.15, 0.2) is 46.9 Å². The van der Waals surface area contributed by atoms with Gasteiger partial charge in [-0.3, -0.25) is 0 Å². The lowest BCUT2D eigenvalue weighted by Gasteiger charge is -2.13. The molecule has 0 bridgehead atoms. The molecule has 0 saturated heterocycles. The smallest absolute Gasteiger partial charge is 0.395 e. The first kappa shape index (κ1) is 13.3. The molecule has 1 heterocycles. The van der Waals surface area contributed by atoms with E-state index in [2.05, 4.69) is 25.4 Å². The van der Waals surface area contributed by atoms with E-state index in [0.29, 0.717) is 5.56 Å². The number of nitrogens with two attached hydrogens (primary N) is 1. The highest BCUT2D eigenvalue weighted by Crippen LogP contribution is 2.42. The zero-order valence-corrected chi connectivity index (χ0v) is 11.7. The average molecular weight is 342 g/mol. The highest BCUT2D eigenvalue weighted by atomic mass is 79.9. The second-order valence-corrected chi connectivity index (χ2v) is 5.32. The Balaban J connectivity index is 1.93. The second kappa shape index (κ2) is 4.71. The lowest BCUT2D eigenvalue weighted by Crippen LogP contribution is -2.25. The van der Waals surface area contributed by atoms with Crippen molar-refractivity contribution in [1.82, 2.24) is 0 Å². The van der Waals surface area contributed by atoms with Crippen LogP contribution in [0.2, 0.25) is 0 Å². The molecule has 0 amide bonds. The van der Waals surface area contributed by atoms with Crippen molar-refractivity contribution in [2.45, 2.75) is 12.3 Å². The van der Waals surface area contributed by atoms with Crippen molar-refractivity contribution in [1.29, 1.82) is 0 Å². The lowest BCUT2D eigenvalue weighted by atomic mass is 9.99. The predicted molar refractivity (Wildman–Crippen MR) is 72.8 cm³/mol. The van der Waals surface area contributed by atoms with Crippen molar-refractivity contribution in [2.24, 2.45) is 5.73 Å². The quantitative estimate of drug-likeness (QED) is 0.903. The number of halogens is 3. The van der Waals surface area contributed by atoms with Crippen molar-refractivity contribution < 1.29 is 18.3 Å². The van der Waals surface area contributed by atoms with Crippen molar-refractivity contribution in [2.75, 3.05) is 0 Å². The van der Waals surface area contributed by atoms with Gasteiger partial charge in [-0.05, 0) is 35.4 Å². The maximum Gasteiger partial charge on any atom is 0.586 e. The van der Waals surface area contributed by atoms with Crippen LogP contribution in [-0.4, -0.2) is 6.29 Å². The average Bonchev–Trinajstić information content (AvgIpc) is 2.70. The summed E-state index contributed by atoms with van der Waals surface area (Å²) < 4.78 is 35.6. The molecule has 2 aromatic rings. The van der Waals surface area contributed by atoms with Crippen LogP contribution in [-0.2, 0) is 0 Å². The van der Waals surface area contributed by atoms with Gasteiger partial charge in [-0.1, -0.05) is 34.1 Å². The van der Waals surface area contributed by atoms with Gasteiger partial charge in [-0.2, -0.15) is 0 Å². The van der Waals surface area contributed by atoms with Crippen LogP contribution >= 0.6 is 15.9 Å². The molecule has 1 aliphatic rings. The summed E-state index contributed by atoms with van der Waals surface area (Å²) in [5.41, 5.74) is 7.68. The molecule has 2 aromatic carbocycles. The molecule has 0 aliphatic carbocycles. The highest BCUT2D eigenvalue weighted by molar-refractivity contribution is 9.10. The van der Waals surface area contributed by atoms with E-state index >= 15 is 0 Å².